The van der Waals surface area contributed by atoms with Crippen LogP contribution in [0.15, 0.2) is 72.8 Å². The van der Waals surface area contributed by atoms with Gasteiger partial charge >= 0.3 is 0 Å². The van der Waals surface area contributed by atoms with Crippen molar-refractivity contribution in [3.05, 3.63) is 105 Å². The molecule has 0 bridgehead atoms. The van der Waals surface area contributed by atoms with Gasteiger partial charge in [-0.25, -0.2) is 0 Å². The third kappa shape index (κ3) is 4.40. The van der Waals surface area contributed by atoms with Crippen LogP contribution in [0.25, 0.3) is 0 Å². The van der Waals surface area contributed by atoms with Gasteiger partial charge in [0.25, 0.3) is 0 Å². The summed E-state index contributed by atoms with van der Waals surface area (Å²) in [6, 6.07) is 22.3. The second-order valence-corrected chi connectivity index (χ2v) is 7.34. The SMILES string of the molecule is O[C@@](CNCc1ccc(Cl)c(Cl)c1)(c1ccccc1)c1ccc(Cl)cc1. The lowest BCUT2D eigenvalue weighted by Crippen LogP contribution is -2.39. The van der Waals surface area contributed by atoms with Gasteiger partial charge in [-0.2, -0.15) is 0 Å². The first-order chi connectivity index (χ1) is 12.5. The fourth-order valence-electron chi connectivity index (χ4n) is 2.85. The van der Waals surface area contributed by atoms with Gasteiger partial charge in [0.1, 0.15) is 5.60 Å². The van der Waals surface area contributed by atoms with Crippen LogP contribution in [0.3, 0.4) is 0 Å². The average molecular weight is 407 g/mol. The van der Waals surface area contributed by atoms with Crippen LogP contribution in [-0.2, 0) is 12.1 Å². The Balaban J connectivity index is 1.82. The first-order valence-electron chi connectivity index (χ1n) is 8.17. The topological polar surface area (TPSA) is 32.3 Å². The van der Waals surface area contributed by atoms with E-state index in [0.717, 1.165) is 16.7 Å². The van der Waals surface area contributed by atoms with Crippen LogP contribution in [0.5, 0.6) is 0 Å². The molecule has 3 aromatic rings. The maximum atomic E-state index is 11.5. The van der Waals surface area contributed by atoms with Crippen LogP contribution in [-0.4, -0.2) is 11.7 Å². The molecule has 0 aliphatic carbocycles. The molecular formula is C21H18Cl3NO. The molecule has 2 N–H and O–H groups in total. The number of aliphatic hydroxyl groups is 1. The van der Waals surface area contributed by atoms with E-state index in [9.17, 15) is 5.11 Å². The fraction of sp³-hybridized carbons (Fsp3) is 0.143. The van der Waals surface area contributed by atoms with E-state index in [1.54, 1.807) is 18.2 Å². The maximum absolute atomic E-state index is 11.5. The van der Waals surface area contributed by atoms with Gasteiger partial charge in [-0.1, -0.05) is 83.3 Å². The largest absolute Gasteiger partial charge is 0.379 e. The van der Waals surface area contributed by atoms with Crippen LogP contribution in [0.1, 0.15) is 16.7 Å². The molecule has 2 nitrogen and oxygen atoms in total. The van der Waals surface area contributed by atoms with Gasteiger partial charge in [0.2, 0.25) is 0 Å². The smallest absolute Gasteiger partial charge is 0.127 e. The monoisotopic (exact) mass is 405 g/mol. The number of hydrogen-bond acceptors (Lipinski definition) is 2. The van der Waals surface area contributed by atoms with Crippen molar-refractivity contribution in [3.8, 4) is 0 Å². The lowest BCUT2D eigenvalue weighted by molar-refractivity contribution is 0.0796. The van der Waals surface area contributed by atoms with E-state index < -0.39 is 5.60 Å². The van der Waals surface area contributed by atoms with Crippen molar-refractivity contribution >= 4 is 34.8 Å². The minimum absolute atomic E-state index is 0.332. The van der Waals surface area contributed by atoms with Gasteiger partial charge in [0.15, 0.2) is 0 Å². The van der Waals surface area contributed by atoms with Gasteiger partial charge in [0, 0.05) is 18.1 Å². The van der Waals surface area contributed by atoms with E-state index in [0.29, 0.717) is 28.2 Å². The summed E-state index contributed by atoms with van der Waals surface area (Å²) in [5.74, 6) is 0. The zero-order valence-corrected chi connectivity index (χ0v) is 16.2. The van der Waals surface area contributed by atoms with Gasteiger partial charge in [-0.3, -0.25) is 0 Å². The molecule has 5 heteroatoms. The summed E-state index contributed by atoms with van der Waals surface area (Å²) in [6.45, 7) is 0.887. The van der Waals surface area contributed by atoms with Gasteiger partial charge in [-0.15, -0.1) is 0 Å². The molecule has 0 fully saturated rings. The van der Waals surface area contributed by atoms with Crippen molar-refractivity contribution in [2.24, 2.45) is 0 Å². The summed E-state index contributed by atoms with van der Waals surface area (Å²) in [6.07, 6.45) is 0. The molecular weight excluding hydrogens is 389 g/mol. The molecule has 0 saturated heterocycles. The molecule has 0 unspecified atom stereocenters. The molecule has 0 aromatic heterocycles. The molecule has 0 saturated carbocycles. The molecule has 134 valence electrons. The maximum Gasteiger partial charge on any atom is 0.127 e. The third-order valence-corrected chi connectivity index (χ3v) is 5.26. The van der Waals surface area contributed by atoms with Crippen LogP contribution in [0.4, 0.5) is 0 Å². The Hall–Kier alpha value is -1.55. The molecule has 1 atom stereocenters. The zero-order chi connectivity index (χ0) is 18.6. The van der Waals surface area contributed by atoms with E-state index in [4.69, 9.17) is 34.8 Å². The molecule has 0 amide bonds. The number of rotatable bonds is 6. The molecule has 0 heterocycles. The standard InChI is InChI=1S/C21H18Cl3NO/c22-18-9-7-17(8-10-18)21(26,16-4-2-1-3-5-16)14-25-13-15-6-11-19(23)20(24)12-15/h1-12,25-26H,13-14H2/t21-/m0/s1. The first-order valence-corrected chi connectivity index (χ1v) is 9.31. The van der Waals surface area contributed by atoms with Gasteiger partial charge < -0.3 is 10.4 Å². The van der Waals surface area contributed by atoms with E-state index in [1.165, 1.54) is 0 Å². The number of nitrogens with one attached hydrogen (secondary N) is 1. The molecule has 3 aromatic carbocycles. The highest BCUT2D eigenvalue weighted by Crippen LogP contribution is 2.30. The van der Waals surface area contributed by atoms with Gasteiger partial charge in [-0.05, 0) is 41.0 Å². The normalized spacial score (nSPS) is 13.4. The van der Waals surface area contributed by atoms with Crippen molar-refractivity contribution in [1.29, 1.82) is 0 Å². The Morgan fingerprint density at radius 1 is 0.769 bits per heavy atom. The number of halogens is 3. The second-order valence-electron chi connectivity index (χ2n) is 6.09. The average Bonchev–Trinajstić information content (AvgIpc) is 2.66. The molecule has 0 aliphatic rings. The summed E-state index contributed by atoms with van der Waals surface area (Å²) in [7, 11) is 0. The van der Waals surface area contributed by atoms with Crippen molar-refractivity contribution in [3.63, 3.8) is 0 Å². The Morgan fingerprint density at radius 3 is 2.08 bits per heavy atom. The molecule has 26 heavy (non-hydrogen) atoms. The van der Waals surface area contributed by atoms with Crippen LogP contribution < -0.4 is 5.32 Å². The fourth-order valence-corrected chi connectivity index (χ4v) is 3.29. The van der Waals surface area contributed by atoms with E-state index in [2.05, 4.69) is 5.32 Å². The number of hydrogen-bond donors (Lipinski definition) is 2. The summed E-state index contributed by atoms with van der Waals surface area (Å²) in [5.41, 5.74) is 1.40. The van der Waals surface area contributed by atoms with Crippen molar-refractivity contribution in [2.45, 2.75) is 12.1 Å². The van der Waals surface area contributed by atoms with E-state index in [1.807, 2.05) is 54.6 Å². The van der Waals surface area contributed by atoms with Crippen LogP contribution >= 0.6 is 34.8 Å². The van der Waals surface area contributed by atoms with Crippen molar-refractivity contribution in [1.82, 2.24) is 5.32 Å². The molecule has 0 spiro atoms. The zero-order valence-electron chi connectivity index (χ0n) is 13.9. The minimum atomic E-state index is -1.18. The second kappa shape index (κ2) is 8.43. The minimum Gasteiger partial charge on any atom is -0.379 e. The summed E-state index contributed by atoms with van der Waals surface area (Å²) in [4.78, 5) is 0. The first kappa shape index (κ1) is 19.2. The van der Waals surface area contributed by atoms with Crippen molar-refractivity contribution < 1.29 is 5.11 Å². The summed E-state index contributed by atoms with van der Waals surface area (Å²) in [5, 5.41) is 16.5. The van der Waals surface area contributed by atoms with E-state index in [-0.39, 0.29) is 0 Å². The molecule has 3 rings (SSSR count). The van der Waals surface area contributed by atoms with E-state index >= 15 is 0 Å². The van der Waals surface area contributed by atoms with Crippen molar-refractivity contribution in [2.75, 3.05) is 6.54 Å². The highest BCUT2D eigenvalue weighted by molar-refractivity contribution is 6.42. The summed E-state index contributed by atoms with van der Waals surface area (Å²) >= 11 is 18.0. The Morgan fingerprint density at radius 2 is 1.42 bits per heavy atom. The molecule has 0 aliphatic heterocycles. The summed E-state index contributed by atoms with van der Waals surface area (Å²) < 4.78 is 0. The quantitative estimate of drug-likeness (QED) is 0.552. The van der Waals surface area contributed by atoms with Crippen LogP contribution in [0.2, 0.25) is 15.1 Å². The Kier molecular flexibility index (Phi) is 6.23. The predicted molar refractivity (Wildman–Crippen MR) is 109 cm³/mol. The lowest BCUT2D eigenvalue weighted by Gasteiger charge is -2.30. The number of benzene rings is 3. The Bertz CT molecular complexity index is 868. The van der Waals surface area contributed by atoms with Gasteiger partial charge in [0.05, 0.1) is 10.0 Å². The lowest BCUT2D eigenvalue weighted by atomic mass is 9.86. The highest BCUT2D eigenvalue weighted by Gasteiger charge is 2.31. The third-order valence-electron chi connectivity index (χ3n) is 4.27. The van der Waals surface area contributed by atoms with Crippen LogP contribution in [0, 0.1) is 0 Å². The predicted octanol–water partition coefficient (Wildman–Crippen LogP) is 5.67. The Labute approximate surface area is 168 Å². The molecule has 0 radical (unpaired) electrons. The highest BCUT2D eigenvalue weighted by atomic mass is 35.5.